The molecule has 0 aliphatic carbocycles. The second kappa shape index (κ2) is 6.41. The zero-order valence-corrected chi connectivity index (χ0v) is 12.5. The molecule has 1 aromatic heterocycles. The molecule has 2 rings (SSSR count). The van der Waals surface area contributed by atoms with Gasteiger partial charge in [0.25, 0.3) is 0 Å². The van der Waals surface area contributed by atoms with Crippen molar-refractivity contribution in [3.8, 4) is 0 Å². The topological polar surface area (TPSA) is 82.2 Å². The molecule has 0 fully saturated rings. The Morgan fingerprint density at radius 2 is 2.10 bits per heavy atom. The first-order chi connectivity index (χ1) is 10.0. The van der Waals surface area contributed by atoms with E-state index in [-0.39, 0.29) is 12.5 Å². The number of carbonyl (C=O) groups is 1. The monoisotopic (exact) mass is 288 g/mol. The van der Waals surface area contributed by atoms with E-state index < -0.39 is 0 Å². The Hall–Kier alpha value is -2.34. The summed E-state index contributed by atoms with van der Waals surface area (Å²) in [6.45, 7) is 4.25. The van der Waals surface area contributed by atoms with Crippen molar-refractivity contribution < 1.29 is 9.53 Å². The molecule has 2 aromatic rings. The van der Waals surface area contributed by atoms with Crippen molar-refractivity contribution in [2.24, 2.45) is 0 Å². The number of hydrogen-bond donors (Lipinski definition) is 2. The number of hydrogen-bond acceptors (Lipinski definition) is 4. The van der Waals surface area contributed by atoms with Gasteiger partial charge in [0.2, 0.25) is 5.91 Å². The van der Waals surface area contributed by atoms with E-state index in [0.29, 0.717) is 12.3 Å². The van der Waals surface area contributed by atoms with E-state index in [1.807, 2.05) is 38.1 Å². The summed E-state index contributed by atoms with van der Waals surface area (Å²) in [5, 5.41) is 7.14. The summed E-state index contributed by atoms with van der Waals surface area (Å²) in [7, 11) is 1.62. The van der Waals surface area contributed by atoms with Gasteiger partial charge >= 0.3 is 0 Å². The standard InChI is InChI=1S/C15H20N4O2/c1-10-15(16)11(2)19(18-10)8-14(20)17-13-7-5-4-6-12(13)9-21-3/h4-7H,8-9,16H2,1-3H3,(H,17,20). The molecule has 0 spiro atoms. The summed E-state index contributed by atoms with van der Waals surface area (Å²) >= 11 is 0. The average Bonchev–Trinajstić information content (AvgIpc) is 2.69. The molecule has 0 saturated heterocycles. The zero-order valence-electron chi connectivity index (χ0n) is 12.5. The number of para-hydroxylation sites is 1. The van der Waals surface area contributed by atoms with E-state index in [2.05, 4.69) is 10.4 Å². The van der Waals surface area contributed by atoms with Crippen LogP contribution in [0.4, 0.5) is 11.4 Å². The minimum absolute atomic E-state index is 0.130. The van der Waals surface area contributed by atoms with Crippen LogP contribution < -0.4 is 11.1 Å². The highest BCUT2D eigenvalue weighted by molar-refractivity contribution is 5.91. The van der Waals surface area contributed by atoms with Gasteiger partial charge in [-0.25, -0.2) is 0 Å². The second-order valence-corrected chi connectivity index (χ2v) is 4.88. The number of ether oxygens (including phenoxy) is 1. The van der Waals surface area contributed by atoms with Gasteiger partial charge in [0.1, 0.15) is 6.54 Å². The highest BCUT2D eigenvalue weighted by atomic mass is 16.5. The van der Waals surface area contributed by atoms with Crippen molar-refractivity contribution in [2.75, 3.05) is 18.2 Å². The number of nitrogens with zero attached hydrogens (tertiary/aromatic N) is 2. The number of methoxy groups -OCH3 is 1. The van der Waals surface area contributed by atoms with Crippen LogP contribution in [0.5, 0.6) is 0 Å². The van der Waals surface area contributed by atoms with Gasteiger partial charge in [0, 0.05) is 18.4 Å². The number of rotatable bonds is 5. The van der Waals surface area contributed by atoms with Gasteiger partial charge in [-0.05, 0) is 19.9 Å². The number of aryl methyl sites for hydroxylation is 1. The van der Waals surface area contributed by atoms with E-state index in [1.165, 1.54) is 0 Å². The predicted molar refractivity (Wildman–Crippen MR) is 81.9 cm³/mol. The normalized spacial score (nSPS) is 10.6. The van der Waals surface area contributed by atoms with Crippen molar-refractivity contribution in [3.05, 3.63) is 41.2 Å². The number of nitrogen functional groups attached to an aromatic ring is 1. The molecular weight excluding hydrogens is 268 g/mol. The fourth-order valence-corrected chi connectivity index (χ4v) is 2.11. The van der Waals surface area contributed by atoms with Crippen LogP contribution in [0.25, 0.3) is 0 Å². The van der Waals surface area contributed by atoms with Crippen molar-refractivity contribution in [3.63, 3.8) is 0 Å². The van der Waals surface area contributed by atoms with Gasteiger partial charge in [-0.3, -0.25) is 9.48 Å². The van der Waals surface area contributed by atoms with Gasteiger partial charge in [0.05, 0.1) is 23.7 Å². The number of benzene rings is 1. The molecule has 0 unspecified atom stereocenters. The lowest BCUT2D eigenvalue weighted by Gasteiger charge is -2.11. The largest absolute Gasteiger partial charge is 0.396 e. The molecule has 3 N–H and O–H groups in total. The molecule has 0 bridgehead atoms. The third-order valence-electron chi connectivity index (χ3n) is 3.32. The second-order valence-electron chi connectivity index (χ2n) is 4.88. The smallest absolute Gasteiger partial charge is 0.246 e. The average molecular weight is 288 g/mol. The number of nitrogens with one attached hydrogen (secondary N) is 1. The first kappa shape index (κ1) is 15.1. The van der Waals surface area contributed by atoms with Crippen LogP contribution in [0.1, 0.15) is 17.0 Å². The maximum absolute atomic E-state index is 12.2. The van der Waals surface area contributed by atoms with Crippen LogP contribution in [0.15, 0.2) is 24.3 Å². The molecule has 0 atom stereocenters. The SMILES string of the molecule is COCc1ccccc1NC(=O)Cn1nc(C)c(N)c1C. The third-order valence-corrected chi connectivity index (χ3v) is 3.32. The first-order valence-electron chi connectivity index (χ1n) is 6.69. The van der Waals surface area contributed by atoms with Crippen molar-refractivity contribution in [1.82, 2.24) is 9.78 Å². The molecule has 0 aliphatic heterocycles. The summed E-state index contributed by atoms with van der Waals surface area (Å²) < 4.78 is 6.73. The number of nitrogens with two attached hydrogens (primary N) is 1. The van der Waals surface area contributed by atoms with Crippen LogP contribution in [0.3, 0.4) is 0 Å². The van der Waals surface area contributed by atoms with Crippen LogP contribution in [-0.4, -0.2) is 22.8 Å². The molecule has 1 heterocycles. The van der Waals surface area contributed by atoms with Crippen LogP contribution in [0, 0.1) is 13.8 Å². The van der Waals surface area contributed by atoms with Gasteiger partial charge in [0.15, 0.2) is 0 Å². The highest BCUT2D eigenvalue weighted by Gasteiger charge is 2.12. The zero-order chi connectivity index (χ0) is 15.4. The Labute approximate surface area is 123 Å². The lowest BCUT2D eigenvalue weighted by Crippen LogP contribution is -2.21. The molecule has 0 radical (unpaired) electrons. The fourth-order valence-electron chi connectivity index (χ4n) is 2.11. The summed E-state index contributed by atoms with van der Waals surface area (Å²) in [4.78, 5) is 12.2. The summed E-state index contributed by atoms with van der Waals surface area (Å²) in [6.07, 6.45) is 0. The van der Waals surface area contributed by atoms with E-state index in [4.69, 9.17) is 10.5 Å². The van der Waals surface area contributed by atoms with Crippen molar-refractivity contribution in [2.45, 2.75) is 27.0 Å². The van der Waals surface area contributed by atoms with Gasteiger partial charge in [-0.2, -0.15) is 5.10 Å². The van der Waals surface area contributed by atoms with Gasteiger partial charge in [-0.15, -0.1) is 0 Å². The lowest BCUT2D eigenvalue weighted by molar-refractivity contribution is -0.116. The Morgan fingerprint density at radius 3 is 2.71 bits per heavy atom. The molecule has 6 heteroatoms. The molecular formula is C15H20N4O2. The minimum Gasteiger partial charge on any atom is -0.396 e. The lowest BCUT2D eigenvalue weighted by atomic mass is 10.2. The van der Waals surface area contributed by atoms with E-state index in [9.17, 15) is 4.79 Å². The summed E-state index contributed by atoms with van der Waals surface area (Å²) in [6, 6.07) is 7.55. The fraction of sp³-hybridized carbons (Fsp3) is 0.333. The Balaban J connectivity index is 2.10. The van der Waals surface area contributed by atoms with Crippen molar-refractivity contribution in [1.29, 1.82) is 0 Å². The minimum atomic E-state index is -0.149. The van der Waals surface area contributed by atoms with Crippen molar-refractivity contribution >= 4 is 17.3 Å². The van der Waals surface area contributed by atoms with E-state index in [0.717, 1.165) is 22.6 Å². The first-order valence-corrected chi connectivity index (χ1v) is 6.69. The van der Waals surface area contributed by atoms with Crippen LogP contribution in [-0.2, 0) is 22.7 Å². The molecule has 1 amide bonds. The van der Waals surface area contributed by atoms with Crippen LogP contribution in [0.2, 0.25) is 0 Å². The molecule has 0 aliphatic rings. The summed E-state index contributed by atoms with van der Waals surface area (Å²) in [5.74, 6) is -0.149. The maximum atomic E-state index is 12.2. The van der Waals surface area contributed by atoms with Gasteiger partial charge < -0.3 is 15.8 Å². The highest BCUT2D eigenvalue weighted by Crippen LogP contribution is 2.17. The Bertz CT molecular complexity index is 649. The molecule has 1 aromatic carbocycles. The van der Waals surface area contributed by atoms with Gasteiger partial charge in [-0.1, -0.05) is 18.2 Å². The predicted octanol–water partition coefficient (Wildman–Crippen LogP) is 1.87. The van der Waals surface area contributed by atoms with Crippen LogP contribution >= 0.6 is 0 Å². The Morgan fingerprint density at radius 1 is 1.38 bits per heavy atom. The molecule has 6 nitrogen and oxygen atoms in total. The molecule has 112 valence electrons. The number of carbonyl (C=O) groups excluding carboxylic acids is 1. The number of amides is 1. The molecule has 0 saturated carbocycles. The van der Waals surface area contributed by atoms with E-state index in [1.54, 1.807) is 11.8 Å². The summed E-state index contributed by atoms with van der Waals surface area (Å²) in [5.41, 5.74) is 9.71. The van der Waals surface area contributed by atoms with E-state index >= 15 is 0 Å². The quantitative estimate of drug-likeness (QED) is 0.880. The number of aromatic nitrogens is 2. The Kier molecular flexibility index (Phi) is 4.59. The number of anilines is 2. The third kappa shape index (κ3) is 3.41. The maximum Gasteiger partial charge on any atom is 0.246 e. The molecule has 21 heavy (non-hydrogen) atoms.